The summed E-state index contributed by atoms with van der Waals surface area (Å²) in [6.07, 6.45) is 6.14. The Balaban J connectivity index is 1.32. The van der Waals surface area contributed by atoms with Gasteiger partial charge < -0.3 is 16.0 Å². The molecule has 0 spiro atoms. The largest absolute Gasteiger partial charge is 0.381 e. The van der Waals surface area contributed by atoms with Gasteiger partial charge in [0.25, 0.3) is 0 Å². The quantitative estimate of drug-likeness (QED) is 0.659. The van der Waals surface area contributed by atoms with Gasteiger partial charge in [0.2, 0.25) is 5.91 Å². The number of carbonyl (C=O) groups excluding carboxylic acids is 1. The number of anilines is 1. The van der Waals surface area contributed by atoms with Crippen molar-refractivity contribution >= 4 is 22.4 Å². The molecule has 0 bridgehead atoms. The third-order valence-corrected chi connectivity index (χ3v) is 4.63. The summed E-state index contributed by atoms with van der Waals surface area (Å²) in [6, 6.07) is 14.0. The zero-order valence-electron chi connectivity index (χ0n) is 14.4. The molecule has 3 aromatic rings. The van der Waals surface area contributed by atoms with Crippen molar-refractivity contribution in [3.63, 3.8) is 0 Å². The fourth-order valence-corrected chi connectivity index (χ4v) is 3.26. The van der Waals surface area contributed by atoms with Crippen LogP contribution in [0.2, 0.25) is 0 Å². The summed E-state index contributed by atoms with van der Waals surface area (Å²) in [5.41, 5.74) is 1.92. The van der Waals surface area contributed by atoms with Gasteiger partial charge in [-0.1, -0.05) is 12.1 Å². The van der Waals surface area contributed by atoms with E-state index in [4.69, 9.17) is 0 Å². The van der Waals surface area contributed by atoms with Crippen molar-refractivity contribution in [1.29, 1.82) is 0 Å². The maximum absolute atomic E-state index is 12.4. The number of carbonyl (C=O) groups is 1. The van der Waals surface area contributed by atoms with Crippen LogP contribution < -0.4 is 16.0 Å². The molecule has 1 aromatic carbocycles. The lowest BCUT2D eigenvalue weighted by Crippen LogP contribution is -2.40. The molecular formula is C20H21N5O. The van der Waals surface area contributed by atoms with Crippen LogP contribution >= 0.6 is 0 Å². The second-order valence-corrected chi connectivity index (χ2v) is 6.51. The molecule has 26 heavy (non-hydrogen) atoms. The number of benzene rings is 1. The predicted octanol–water partition coefficient (Wildman–Crippen LogP) is 2.09. The number of aromatic nitrogens is 2. The van der Waals surface area contributed by atoms with Crippen LogP contribution in [0.5, 0.6) is 0 Å². The van der Waals surface area contributed by atoms with Crippen LogP contribution in [0, 0.1) is 0 Å². The lowest BCUT2D eigenvalue weighted by atomic mass is 10.1. The van der Waals surface area contributed by atoms with E-state index in [0.717, 1.165) is 35.1 Å². The zero-order valence-corrected chi connectivity index (χ0v) is 14.4. The molecule has 0 aliphatic carbocycles. The maximum Gasteiger partial charge on any atom is 0.237 e. The Bertz CT molecular complexity index is 899. The molecule has 3 heterocycles. The maximum atomic E-state index is 12.4. The molecule has 1 fully saturated rings. The van der Waals surface area contributed by atoms with Crippen molar-refractivity contribution in [3.05, 3.63) is 66.7 Å². The van der Waals surface area contributed by atoms with Crippen LogP contribution in [0.25, 0.3) is 10.8 Å². The molecule has 1 aliphatic heterocycles. The molecule has 2 atom stereocenters. The summed E-state index contributed by atoms with van der Waals surface area (Å²) in [5.74, 6) is 0.0181. The molecule has 2 aromatic heterocycles. The summed E-state index contributed by atoms with van der Waals surface area (Å²) in [7, 11) is 0. The number of amides is 1. The molecule has 6 heteroatoms. The van der Waals surface area contributed by atoms with Gasteiger partial charge in [-0.15, -0.1) is 0 Å². The minimum Gasteiger partial charge on any atom is -0.381 e. The van der Waals surface area contributed by atoms with Crippen molar-refractivity contribution in [2.45, 2.75) is 25.0 Å². The van der Waals surface area contributed by atoms with E-state index < -0.39 is 0 Å². The average molecular weight is 347 g/mol. The average Bonchev–Trinajstić information content (AvgIpc) is 3.15. The topological polar surface area (TPSA) is 78.9 Å². The first-order valence-corrected chi connectivity index (χ1v) is 8.79. The van der Waals surface area contributed by atoms with Gasteiger partial charge in [-0.25, -0.2) is 0 Å². The molecule has 3 N–H and O–H groups in total. The summed E-state index contributed by atoms with van der Waals surface area (Å²) < 4.78 is 0. The van der Waals surface area contributed by atoms with Gasteiger partial charge >= 0.3 is 0 Å². The molecule has 0 saturated carbocycles. The van der Waals surface area contributed by atoms with E-state index in [1.165, 1.54) is 0 Å². The van der Waals surface area contributed by atoms with Gasteiger partial charge in [-0.2, -0.15) is 0 Å². The molecule has 132 valence electrons. The van der Waals surface area contributed by atoms with Gasteiger partial charge in [0, 0.05) is 42.3 Å². The van der Waals surface area contributed by atoms with Crippen LogP contribution in [0.15, 0.2) is 61.1 Å². The Morgan fingerprint density at radius 2 is 2.12 bits per heavy atom. The highest BCUT2D eigenvalue weighted by molar-refractivity contribution is 5.85. The molecular weight excluding hydrogens is 326 g/mol. The molecule has 6 nitrogen and oxygen atoms in total. The number of pyridine rings is 2. The summed E-state index contributed by atoms with van der Waals surface area (Å²) in [5, 5.41) is 12.0. The minimum atomic E-state index is -0.180. The zero-order chi connectivity index (χ0) is 17.8. The van der Waals surface area contributed by atoms with Gasteiger partial charge in [0.15, 0.2) is 0 Å². The Labute approximate surface area is 152 Å². The Morgan fingerprint density at radius 1 is 1.15 bits per heavy atom. The number of rotatable bonds is 5. The van der Waals surface area contributed by atoms with Crippen molar-refractivity contribution in [2.75, 3.05) is 11.9 Å². The van der Waals surface area contributed by atoms with Gasteiger partial charge in [0.1, 0.15) is 0 Å². The molecule has 4 rings (SSSR count). The Hall–Kier alpha value is -2.99. The van der Waals surface area contributed by atoms with E-state index in [2.05, 4.69) is 44.1 Å². The molecule has 0 radical (unpaired) electrons. The van der Waals surface area contributed by atoms with Crippen molar-refractivity contribution < 1.29 is 4.79 Å². The smallest absolute Gasteiger partial charge is 0.237 e. The number of hydrogen-bond donors (Lipinski definition) is 3. The SMILES string of the molecule is O=C(NCc1ccccn1)[C@@H]1C[C@H](Nc2ccc3cnccc3c2)CN1. The van der Waals surface area contributed by atoms with E-state index in [0.29, 0.717) is 6.54 Å². The second kappa shape index (κ2) is 7.49. The summed E-state index contributed by atoms with van der Waals surface area (Å²) in [6.45, 7) is 1.21. The monoisotopic (exact) mass is 347 g/mol. The third kappa shape index (κ3) is 3.81. The van der Waals surface area contributed by atoms with Crippen molar-refractivity contribution in [3.8, 4) is 0 Å². The van der Waals surface area contributed by atoms with Crippen molar-refractivity contribution in [1.82, 2.24) is 20.6 Å². The van der Waals surface area contributed by atoms with E-state index in [1.54, 1.807) is 12.4 Å². The van der Waals surface area contributed by atoms with Crippen LogP contribution in [0.4, 0.5) is 5.69 Å². The lowest BCUT2D eigenvalue weighted by molar-refractivity contribution is -0.122. The van der Waals surface area contributed by atoms with Crippen LogP contribution in [-0.4, -0.2) is 34.5 Å². The summed E-state index contributed by atoms with van der Waals surface area (Å²) in [4.78, 5) is 20.7. The second-order valence-electron chi connectivity index (χ2n) is 6.51. The Kier molecular flexibility index (Phi) is 4.75. The highest BCUT2D eigenvalue weighted by Crippen LogP contribution is 2.20. The van der Waals surface area contributed by atoms with E-state index >= 15 is 0 Å². The number of nitrogens with one attached hydrogen (secondary N) is 3. The minimum absolute atomic E-state index is 0.0181. The normalized spacial score (nSPS) is 19.4. The lowest BCUT2D eigenvalue weighted by Gasteiger charge is -2.14. The van der Waals surface area contributed by atoms with Crippen LogP contribution in [0.1, 0.15) is 12.1 Å². The van der Waals surface area contributed by atoms with Crippen LogP contribution in [0.3, 0.4) is 0 Å². The summed E-state index contributed by atoms with van der Waals surface area (Å²) >= 11 is 0. The van der Waals surface area contributed by atoms with E-state index in [-0.39, 0.29) is 18.0 Å². The first kappa shape index (κ1) is 16.5. The van der Waals surface area contributed by atoms with Crippen LogP contribution in [-0.2, 0) is 11.3 Å². The number of nitrogens with zero attached hydrogens (tertiary/aromatic N) is 2. The number of hydrogen-bond acceptors (Lipinski definition) is 5. The first-order valence-electron chi connectivity index (χ1n) is 8.79. The fraction of sp³-hybridized carbons (Fsp3) is 0.250. The molecule has 1 aliphatic rings. The number of fused-ring (bicyclic) bond motifs is 1. The molecule has 1 saturated heterocycles. The molecule has 1 amide bonds. The third-order valence-electron chi connectivity index (χ3n) is 4.63. The van der Waals surface area contributed by atoms with Gasteiger partial charge in [-0.05, 0) is 42.1 Å². The highest BCUT2D eigenvalue weighted by Gasteiger charge is 2.29. The predicted molar refractivity (Wildman–Crippen MR) is 102 cm³/mol. The standard InChI is InChI=1S/C20H21N5O/c26-20(24-12-17-3-1-2-7-22-17)19-10-18(13-23-19)25-16-5-4-15-11-21-8-6-14(15)9-16/h1-9,11,18-19,23,25H,10,12-13H2,(H,24,26)/t18-,19-/m0/s1. The van der Waals surface area contributed by atoms with Gasteiger partial charge in [-0.3, -0.25) is 14.8 Å². The fourth-order valence-electron chi connectivity index (χ4n) is 3.26. The first-order chi connectivity index (χ1) is 12.8. The molecule has 0 unspecified atom stereocenters. The Morgan fingerprint density at radius 3 is 3.00 bits per heavy atom. The van der Waals surface area contributed by atoms with Gasteiger partial charge in [0.05, 0.1) is 18.3 Å². The highest BCUT2D eigenvalue weighted by atomic mass is 16.2. The van der Waals surface area contributed by atoms with E-state index in [9.17, 15) is 4.79 Å². The van der Waals surface area contributed by atoms with Crippen molar-refractivity contribution in [2.24, 2.45) is 0 Å². The van der Waals surface area contributed by atoms with E-state index in [1.807, 2.05) is 30.5 Å².